The molecule has 2 aliphatic rings. The molecule has 2 saturated heterocycles. The summed E-state index contributed by atoms with van der Waals surface area (Å²) in [5, 5.41) is 9.01. The minimum Gasteiger partial charge on any atom is -0.326 e. The fourth-order valence-corrected chi connectivity index (χ4v) is 4.44. The maximum absolute atomic E-state index is 13.2. The number of fused-ring (bicyclic) bond motifs is 1. The highest BCUT2D eigenvalue weighted by molar-refractivity contribution is 5.95. The number of carbonyl (C=O) groups excluding carboxylic acids is 2. The number of carbonyl (C=O) groups is 2. The van der Waals surface area contributed by atoms with Gasteiger partial charge < -0.3 is 10.6 Å². The van der Waals surface area contributed by atoms with Crippen LogP contribution in [0.15, 0.2) is 54.6 Å². The van der Waals surface area contributed by atoms with Crippen molar-refractivity contribution in [3.05, 3.63) is 60.2 Å². The molecule has 0 aromatic heterocycles. The summed E-state index contributed by atoms with van der Waals surface area (Å²) < 4.78 is 0. The van der Waals surface area contributed by atoms with Crippen LogP contribution in [0.1, 0.15) is 31.2 Å². The lowest BCUT2D eigenvalue weighted by atomic mass is 9.86. The summed E-state index contributed by atoms with van der Waals surface area (Å²) in [6, 6.07) is 17.0. The molecule has 0 spiro atoms. The second-order valence-electron chi connectivity index (χ2n) is 7.41. The Morgan fingerprint density at radius 2 is 1.74 bits per heavy atom. The van der Waals surface area contributed by atoms with E-state index in [0.29, 0.717) is 12.8 Å². The van der Waals surface area contributed by atoms with Gasteiger partial charge in [-0.3, -0.25) is 14.8 Å². The van der Waals surface area contributed by atoms with Crippen molar-refractivity contribution in [1.29, 1.82) is 0 Å². The Morgan fingerprint density at radius 1 is 1.07 bits per heavy atom. The number of rotatable bonds is 3. The van der Waals surface area contributed by atoms with Crippen LogP contribution in [0.4, 0.5) is 0 Å². The van der Waals surface area contributed by atoms with Crippen LogP contribution >= 0.6 is 0 Å². The molecule has 4 rings (SSSR count). The average Bonchev–Trinajstić information content (AvgIpc) is 2.99. The normalized spacial score (nSPS) is 27.3. The average molecular weight is 365 g/mol. The number of nitrogens with two attached hydrogens (primary N) is 1. The predicted octanol–water partition coefficient (Wildman–Crippen LogP) is 2.17. The Balaban J connectivity index is 1.64. The van der Waals surface area contributed by atoms with Crippen LogP contribution in [0, 0.1) is 0 Å². The van der Waals surface area contributed by atoms with Gasteiger partial charge in [0.15, 0.2) is 0 Å². The fraction of sp³-hybridized carbons (Fsp3) is 0.333. The first-order chi connectivity index (χ1) is 13.0. The Kier molecular flexibility index (Phi) is 4.45. The van der Waals surface area contributed by atoms with E-state index in [1.165, 1.54) is 0 Å². The molecule has 0 aliphatic carbocycles. The van der Waals surface area contributed by atoms with Crippen LogP contribution in [0.2, 0.25) is 0 Å². The Morgan fingerprint density at radius 3 is 2.41 bits per heavy atom. The lowest BCUT2D eigenvalue weighted by Gasteiger charge is -2.36. The number of nitrogens with zero attached hydrogens (tertiary/aromatic N) is 1. The second-order valence-corrected chi connectivity index (χ2v) is 7.41. The molecule has 6 nitrogen and oxygen atoms in total. The SMILES string of the molecule is N[C@@]1(c2ccc(-c3ccccc3)cc2)CC2CCC[C@H](C(=O)NO)N2C1=O. The third kappa shape index (κ3) is 2.91. The summed E-state index contributed by atoms with van der Waals surface area (Å²) in [5.74, 6) is -0.787. The molecule has 0 bridgehead atoms. The molecule has 2 amide bonds. The summed E-state index contributed by atoms with van der Waals surface area (Å²) in [6.45, 7) is 0. The van der Waals surface area contributed by atoms with E-state index in [-0.39, 0.29) is 11.9 Å². The van der Waals surface area contributed by atoms with E-state index in [4.69, 9.17) is 10.9 Å². The molecule has 2 fully saturated rings. The molecule has 4 N–H and O–H groups in total. The molecule has 3 atom stereocenters. The number of hydroxylamine groups is 1. The van der Waals surface area contributed by atoms with E-state index in [1.807, 2.05) is 54.6 Å². The highest BCUT2D eigenvalue weighted by Crippen LogP contribution is 2.41. The van der Waals surface area contributed by atoms with E-state index in [1.54, 1.807) is 10.4 Å². The number of hydrogen-bond donors (Lipinski definition) is 3. The predicted molar refractivity (Wildman–Crippen MR) is 101 cm³/mol. The standard InChI is InChI=1S/C21H23N3O3/c22-21(16-11-9-15(10-12-16)14-5-2-1-3-6-14)13-17-7-4-8-18(19(25)23-27)24(17)20(21)26/h1-3,5-6,9-12,17-18,27H,4,7-8,13,22H2,(H,23,25)/t17?,18-,21-/m1/s1. The molecule has 2 aromatic carbocycles. The Labute approximate surface area is 157 Å². The number of amides is 2. The minimum absolute atomic E-state index is 0.0765. The topological polar surface area (TPSA) is 95.7 Å². The molecule has 27 heavy (non-hydrogen) atoms. The highest BCUT2D eigenvalue weighted by Gasteiger charge is 2.54. The van der Waals surface area contributed by atoms with Gasteiger partial charge in [0.25, 0.3) is 5.91 Å². The molecule has 0 radical (unpaired) electrons. The van der Waals surface area contributed by atoms with Crippen molar-refractivity contribution in [2.24, 2.45) is 5.73 Å². The molecular weight excluding hydrogens is 342 g/mol. The minimum atomic E-state index is -1.14. The number of piperidine rings is 1. The zero-order valence-corrected chi connectivity index (χ0v) is 15.0. The molecule has 2 aliphatic heterocycles. The van der Waals surface area contributed by atoms with Crippen molar-refractivity contribution < 1.29 is 14.8 Å². The largest absolute Gasteiger partial charge is 0.326 e. The third-order valence-electron chi connectivity index (χ3n) is 5.84. The summed E-state index contributed by atoms with van der Waals surface area (Å²) in [7, 11) is 0. The zero-order valence-electron chi connectivity index (χ0n) is 15.0. The Bertz CT molecular complexity index is 853. The van der Waals surface area contributed by atoms with Crippen LogP contribution in [0.25, 0.3) is 11.1 Å². The van der Waals surface area contributed by atoms with Gasteiger partial charge >= 0.3 is 0 Å². The van der Waals surface area contributed by atoms with Crippen molar-refractivity contribution in [3.8, 4) is 11.1 Å². The Hall–Kier alpha value is -2.70. The first kappa shape index (κ1) is 17.7. The van der Waals surface area contributed by atoms with Gasteiger partial charge in [0.05, 0.1) is 0 Å². The van der Waals surface area contributed by atoms with Crippen molar-refractivity contribution in [1.82, 2.24) is 10.4 Å². The molecule has 140 valence electrons. The van der Waals surface area contributed by atoms with Gasteiger partial charge in [-0.25, -0.2) is 5.48 Å². The van der Waals surface area contributed by atoms with Crippen molar-refractivity contribution in [2.45, 2.75) is 43.3 Å². The van der Waals surface area contributed by atoms with Gasteiger partial charge in [-0.15, -0.1) is 0 Å². The monoisotopic (exact) mass is 365 g/mol. The number of benzene rings is 2. The highest BCUT2D eigenvalue weighted by atomic mass is 16.5. The number of nitrogens with one attached hydrogen (secondary N) is 1. The first-order valence-electron chi connectivity index (χ1n) is 9.26. The van der Waals surface area contributed by atoms with Crippen LogP contribution in [0.3, 0.4) is 0 Å². The lowest BCUT2D eigenvalue weighted by molar-refractivity contribution is -0.147. The lowest BCUT2D eigenvalue weighted by Crippen LogP contribution is -2.55. The second kappa shape index (κ2) is 6.79. The molecule has 0 saturated carbocycles. The van der Waals surface area contributed by atoms with Gasteiger partial charge in [-0.05, 0) is 42.4 Å². The van der Waals surface area contributed by atoms with Crippen LogP contribution in [-0.2, 0) is 15.1 Å². The van der Waals surface area contributed by atoms with Crippen LogP contribution in [0.5, 0.6) is 0 Å². The zero-order chi connectivity index (χ0) is 19.0. The van der Waals surface area contributed by atoms with Crippen molar-refractivity contribution in [3.63, 3.8) is 0 Å². The maximum atomic E-state index is 13.2. The van der Waals surface area contributed by atoms with E-state index >= 15 is 0 Å². The smallest absolute Gasteiger partial charge is 0.266 e. The molecule has 2 heterocycles. The summed E-state index contributed by atoms with van der Waals surface area (Å²) in [4.78, 5) is 26.8. The quantitative estimate of drug-likeness (QED) is 0.574. The van der Waals surface area contributed by atoms with Crippen LogP contribution < -0.4 is 11.2 Å². The van der Waals surface area contributed by atoms with Gasteiger partial charge in [-0.1, -0.05) is 54.6 Å². The van der Waals surface area contributed by atoms with E-state index in [9.17, 15) is 9.59 Å². The first-order valence-corrected chi connectivity index (χ1v) is 9.26. The van der Waals surface area contributed by atoms with Gasteiger partial charge in [0.2, 0.25) is 5.91 Å². The molecule has 6 heteroatoms. The number of hydrogen-bond acceptors (Lipinski definition) is 4. The van der Waals surface area contributed by atoms with Gasteiger partial charge in [-0.2, -0.15) is 0 Å². The maximum Gasteiger partial charge on any atom is 0.266 e. The third-order valence-corrected chi connectivity index (χ3v) is 5.84. The van der Waals surface area contributed by atoms with E-state index < -0.39 is 17.5 Å². The molecule has 1 unspecified atom stereocenters. The fourth-order valence-electron chi connectivity index (χ4n) is 4.44. The summed E-state index contributed by atoms with van der Waals surface area (Å²) >= 11 is 0. The summed E-state index contributed by atoms with van der Waals surface area (Å²) in [5.41, 5.74) is 10.1. The van der Waals surface area contributed by atoms with E-state index in [2.05, 4.69) is 0 Å². The van der Waals surface area contributed by atoms with Gasteiger partial charge in [0.1, 0.15) is 11.6 Å². The van der Waals surface area contributed by atoms with Crippen molar-refractivity contribution >= 4 is 11.8 Å². The van der Waals surface area contributed by atoms with Gasteiger partial charge in [0, 0.05) is 6.04 Å². The van der Waals surface area contributed by atoms with E-state index in [0.717, 1.165) is 29.5 Å². The van der Waals surface area contributed by atoms with Crippen molar-refractivity contribution in [2.75, 3.05) is 0 Å². The summed E-state index contributed by atoms with van der Waals surface area (Å²) in [6.07, 6.45) is 2.67. The van der Waals surface area contributed by atoms with Crippen LogP contribution in [-0.4, -0.2) is 34.0 Å². The molecular formula is C21H23N3O3. The molecule has 2 aromatic rings.